The third kappa shape index (κ3) is 5.65. The molecule has 0 aliphatic carbocycles. The van der Waals surface area contributed by atoms with Gasteiger partial charge in [-0.1, -0.05) is 24.3 Å². The average molecular weight is 359 g/mol. The van der Waals surface area contributed by atoms with Crippen LogP contribution in [0.2, 0.25) is 0 Å². The molecule has 6 nitrogen and oxygen atoms in total. The Kier molecular flexibility index (Phi) is 6.59. The molecule has 2 aromatic rings. The summed E-state index contributed by atoms with van der Waals surface area (Å²) in [6, 6.07) is 13.1. The monoisotopic (exact) mass is 359 g/mol. The maximum atomic E-state index is 11.9. The number of hydrazine groups is 1. The van der Waals surface area contributed by atoms with Crippen molar-refractivity contribution in [3.63, 3.8) is 0 Å². The van der Waals surface area contributed by atoms with Gasteiger partial charge in [-0.2, -0.15) is 0 Å². The van der Waals surface area contributed by atoms with Crippen LogP contribution in [-0.4, -0.2) is 24.7 Å². The van der Waals surface area contributed by atoms with Gasteiger partial charge in [-0.25, -0.2) is 0 Å². The molecule has 0 atom stereocenters. The van der Waals surface area contributed by atoms with Gasteiger partial charge in [0.2, 0.25) is 0 Å². The third-order valence-electron chi connectivity index (χ3n) is 3.38. The molecule has 0 saturated heterocycles. The molecule has 0 spiro atoms. The number of methoxy groups -OCH3 is 1. The van der Waals surface area contributed by atoms with Crippen LogP contribution >= 0.6 is 12.2 Å². The molecule has 1 amide bonds. The summed E-state index contributed by atoms with van der Waals surface area (Å²) in [5, 5.41) is 3.33. The zero-order valence-electron chi connectivity index (χ0n) is 14.4. The SMILES string of the molecule is COc1ccccc1OCC(=O)NNC(=S)Nc1cc(C)ccc1C. The Morgan fingerprint density at radius 2 is 1.80 bits per heavy atom. The highest BCUT2D eigenvalue weighted by Gasteiger charge is 2.07. The summed E-state index contributed by atoms with van der Waals surface area (Å²) in [5.74, 6) is 0.697. The maximum absolute atomic E-state index is 11.9. The van der Waals surface area contributed by atoms with E-state index in [0.29, 0.717) is 16.6 Å². The Balaban J connectivity index is 1.79. The van der Waals surface area contributed by atoms with E-state index >= 15 is 0 Å². The van der Waals surface area contributed by atoms with Crippen LogP contribution in [0.3, 0.4) is 0 Å². The number of carbonyl (C=O) groups is 1. The molecule has 7 heteroatoms. The van der Waals surface area contributed by atoms with Gasteiger partial charge in [-0.15, -0.1) is 0 Å². The van der Waals surface area contributed by atoms with Crippen LogP contribution in [0.25, 0.3) is 0 Å². The van der Waals surface area contributed by atoms with Crippen molar-refractivity contribution >= 4 is 28.9 Å². The van der Waals surface area contributed by atoms with E-state index in [1.807, 2.05) is 38.1 Å². The van der Waals surface area contributed by atoms with Gasteiger partial charge in [0, 0.05) is 5.69 Å². The van der Waals surface area contributed by atoms with Crippen LogP contribution in [0.1, 0.15) is 11.1 Å². The van der Waals surface area contributed by atoms with Gasteiger partial charge in [0.1, 0.15) is 0 Å². The fourth-order valence-corrected chi connectivity index (χ4v) is 2.23. The lowest BCUT2D eigenvalue weighted by Crippen LogP contribution is -2.45. The highest BCUT2D eigenvalue weighted by atomic mass is 32.1. The summed E-state index contributed by atoms with van der Waals surface area (Å²) in [7, 11) is 1.54. The number of rotatable bonds is 5. The number of anilines is 1. The van der Waals surface area contributed by atoms with Crippen molar-refractivity contribution < 1.29 is 14.3 Å². The van der Waals surface area contributed by atoms with Gasteiger partial charge in [-0.05, 0) is 55.4 Å². The highest BCUT2D eigenvalue weighted by molar-refractivity contribution is 7.80. The Hall–Kier alpha value is -2.80. The minimum absolute atomic E-state index is 0.167. The number of hydrogen-bond acceptors (Lipinski definition) is 4. The summed E-state index contributed by atoms with van der Waals surface area (Å²) in [5.41, 5.74) is 8.20. The number of nitrogens with one attached hydrogen (secondary N) is 3. The first kappa shape index (κ1) is 18.5. The molecule has 2 rings (SSSR count). The number of amides is 1. The molecule has 0 saturated carbocycles. The molecule has 0 fully saturated rings. The number of thiocarbonyl (C=S) groups is 1. The summed E-state index contributed by atoms with van der Waals surface area (Å²) < 4.78 is 10.6. The molecule has 2 aromatic carbocycles. The van der Waals surface area contributed by atoms with E-state index in [1.54, 1.807) is 25.3 Å². The Morgan fingerprint density at radius 1 is 1.08 bits per heavy atom. The largest absolute Gasteiger partial charge is 0.493 e. The molecule has 132 valence electrons. The van der Waals surface area contributed by atoms with Crippen molar-refractivity contribution in [3.05, 3.63) is 53.6 Å². The fraction of sp³-hybridized carbons (Fsp3) is 0.222. The van der Waals surface area contributed by atoms with E-state index in [9.17, 15) is 4.79 Å². The predicted molar refractivity (Wildman–Crippen MR) is 102 cm³/mol. The first-order chi connectivity index (χ1) is 12.0. The number of aryl methyl sites for hydroxylation is 2. The van der Waals surface area contributed by atoms with Crippen LogP contribution in [-0.2, 0) is 4.79 Å². The fourth-order valence-electron chi connectivity index (χ4n) is 2.07. The molecule has 0 aliphatic rings. The lowest BCUT2D eigenvalue weighted by atomic mass is 10.1. The minimum Gasteiger partial charge on any atom is -0.493 e. The highest BCUT2D eigenvalue weighted by Crippen LogP contribution is 2.25. The van der Waals surface area contributed by atoms with E-state index in [4.69, 9.17) is 21.7 Å². The Labute approximate surface area is 152 Å². The second-order valence-electron chi connectivity index (χ2n) is 5.39. The normalized spacial score (nSPS) is 9.88. The lowest BCUT2D eigenvalue weighted by molar-refractivity contribution is -0.123. The van der Waals surface area contributed by atoms with Gasteiger partial charge in [0.25, 0.3) is 5.91 Å². The van der Waals surface area contributed by atoms with Crippen molar-refractivity contribution in [1.29, 1.82) is 0 Å². The summed E-state index contributed by atoms with van der Waals surface area (Å²) in [6.07, 6.45) is 0. The molecule has 0 unspecified atom stereocenters. The first-order valence-electron chi connectivity index (χ1n) is 7.68. The van der Waals surface area contributed by atoms with E-state index in [-0.39, 0.29) is 12.5 Å². The van der Waals surface area contributed by atoms with Gasteiger partial charge in [0.05, 0.1) is 7.11 Å². The summed E-state index contributed by atoms with van der Waals surface area (Å²) in [4.78, 5) is 11.9. The maximum Gasteiger partial charge on any atom is 0.276 e. The summed E-state index contributed by atoms with van der Waals surface area (Å²) in [6.45, 7) is 3.81. The molecule has 25 heavy (non-hydrogen) atoms. The quantitative estimate of drug-likeness (QED) is 0.563. The van der Waals surface area contributed by atoms with E-state index < -0.39 is 0 Å². The second-order valence-corrected chi connectivity index (χ2v) is 5.79. The van der Waals surface area contributed by atoms with Crippen molar-refractivity contribution in [2.75, 3.05) is 19.0 Å². The predicted octanol–water partition coefficient (Wildman–Crippen LogP) is 2.71. The molecule has 0 radical (unpaired) electrons. The summed E-state index contributed by atoms with van der Waals surface area (Å²) >= 11 is 5.18. The molecule has 0 aromatic heterocycles. The third-order valence-corrected chi connectivity index (χ3v) is 3.59. The van der Waals surface area contributed by atoms with Gasteiger partial charge in [-0.3, -0.25) is 15.6 Å². The van der Waals surface area contributed by atoms with Crippen LogP contribution in [0.4, 0.5) is 5.69 Å². The van der Waals surface area contributed by atoms with Crippen LogP contribution in [0.5, 0.6) is 11.5 Å². The number of para-hydroxylation sites is 2. The van der Waals surface area contributed by atoms with Gasteiger partial charge >= 0.3 is 0 Å². The molecular weight excluding hydrogens is 338 g/mol. The molecule has 3 N–H and O–H groups in total. The zero-order chi connectivity index (χ0) is 18.2. The Bertz CT molecular complexity index is 765. The van der Waals surface area contributed by atoms with E-state index in [2.05, 4.69) is 16.2 Å². The molecule has 0 aliphatic heterocycles. The second kappa shape index (κ2) is 8.89. The number of hydrogen-bond donors (Lipinski definition) is 3. The lowest BCUT2D eigenvalue weighted by Gasteiger charge is -2.14. The first-order valence-corrected chi connectivity index (χ1v) is 8.09. The standard InChI is InChI=1S/C18H21N3O3S/c1-12-8-9-13(2)14(10-12)19-18(25)21-20-17(22)11-24-16-7-5-4-6-15(16)23-3/h4-10H,11H2,1-3H3,(H,20,22)(H2,19,21,25). The van der Waals surface area contributed by atoms with Gasteiger partial charge in [0.15, 0.2) is 23.2 Å². The number of carbonyl (C=O) groups excluding carboxylic acids is 1. The van der Waals surface area contributed by atoms with Crippen molar-refractivity contribution in [2.24, 2.45) is 0 Å². The van der Waals surface area contributed by atoms with E-state index in [1.165, 1.54) is 0 Å². The van der Waals surface area contributed by atoms with Gasteiger partial charge < -0.3 is 14.8 Å². The minimum atomic E-state index is -0.365. The van der Waals surface area contributed by atoms with Crippen molar-refractivity contribution in [2.45, 2.75) is 13.8 Å². The molecule has 0 heterocycles. The number of benzene rings is 2. The van der Waals surface area contributed by atoms with Crippen molar-refractivity contribution in [3.8, 4) is 11.5 Å². The van der Waals surface area contributed by atoms with E-state index in [0.717, 1.165) is 16.8 Å². The molecule has 0 bridgehead atoms. The van der Waals surface area contributed by atoms with Crippen LogP contribution in [0, 0.1) is 13.8 Å². The van der Waals surface area contributed by atoms with Crippen molar-refractivity contribution in [1.82, 2.24) is 10.9 Å². The average Bonchev–Trinajstić information content (AvgIpc) is 2.61. The topological polar surface area (TPSA) is 71.6 Å². The Morgan fingerprint density at radius 3 is 2.52 bits per heavy atom. The van der Waals surface area contributed by atoms with Crippen LogP contribution in [0.15, 0.2) is 42.5 Å². The molecular formula is C18H21N3O3S. The van der Waals surface area contributed by atoms with Crippen LogP contribution < -0.4 is 25.6 Å². The zero-order valence-corrected chi connectivity index (χ0v) is 15.2. The smallest absolute Gasteiger partial charge is 0.276 e. The number of ether oxygens (including phenoxy) is 2.